The number of ether oxygens (including phenoxy) is 3. The highest BCUT2D eigenvalue weighted by atomic mass is 35.5. The second kappa shape index (κ2) is 12.6. The lowest BCUT2D eigenvalue weighted by Crippen LogP contribution is -2.44. The zero-order valence-electron chi connectivity index (χ0n) is 22.8. The van der Waals surface area contributed by atoms with E-state index < -0.39 is 10.9 Å². The lowest BCUT2D eigenvalue weighted by molar-refractivity contribution is 0.145. The summed E-state index contributed by atoms with van der Waals surface area (Å²) in [6.07, 6.45) is 2.49. The highest BCUT2D eigenvalue weighted by Gasteiger charge is 2.43. The third-order valence-electron chi connectivity index (χ3n) is 7.24. The Balaban J connectivity index is 1.30. The van der Waals surface area contributed by atoms with Gasteiger partial charge < -0.3 is 29.3 Å². The zero-order chi connectivity index (χ0) is 28.0. The van der Waals surface area contributed by atoms with Crippen molar-refractivity contribution in [1.82, 2.24) is 9.80 Å². The predicted molar refractivity (Wildman–Crippen MR) is 158 cm³/mol. The number of nitrogens with zero attached hydrogens (tertiary/aromatic N) is 4. The first kappa shape index (κ1) is 27.8. The van der Waals surface area contributed by atoms with Crippen molar-refractivity contribution in [3.8, 4) is 29.1 Å². The van der Waals surface area contributed by atoms with E-state index in [2.05, 4.69) is 33.2 Å². The maximum atomic E-state index is 9.94. The molecule has 2 aliphatic rings. The van der Waals surface area contributed by atoms with Gasteiger partial charge in [0.15, 0.2) is 16.5 Å². The van der Waals surface area contributed by atoms with Crippen molar-refractivity contribution >= 4 is 29.2 Å². The van der Waals surface area contributed by atoms with Crippen LogP contribution in [-0.2, 0) is 5.00 Å². The van der Waals surface area contributed by atoms with Gasteiger partial charge in [0.1, 0.15) is 17.4 Å². The van der Waals surface area contributed by atoms with Gasteiger partial charge in [-0.05, 0) is 55.9 Å². The van der Waals surface area contributed by atoms with Crippen LogP contribution in [0.15, 0.2) is 71.7 Å². The molecule has 0 bridgehead atoms. The Morgan fingerprint density at radius 2 is 1.75 bits per heavy atom. The van der Waals surface area contributed by atoms with E-state index >= 15 is 0 Å². The minimum atomic E-state index is -1.26. The molecule has 208 valence electrons. The molecule has 0 amide bonds. The van der Waals surface area contributed by atoms with E-state index in [1.54, 1.807) is 13.3 Å². The van der Waals surface area contributed by atoms with Crippen LogP contribution in [0.3, 0.4) is 0 Å². The normalized spacial score (nSPS) is 20.8. The number of anilines is 1. The topological polar surface area (TPSA) is 82.4 Å². The fourth-order valence-corrected chi connectivity index (χ4v) is 5.26. The SMILES string of the molecule is COc1cc2c(cc1OCCCN1CCN(C)CC1)N=CC(C#N)C2(Cl)Nc1ccc(Oc2ccccc2)cc1. The van der Waals surface area contributed by atoms with E-state index in [1.165, 1.54) is 0 Å². The van der Waals surface area contributed by atoms with Crippen molar-refractivity contribution < 1.29 is 14.2 Å². The summed E-state index contributed by atoms with van der Waals surface area (Å²) in [7, 11) is 3.76. The molecule has 0 aliphatic carbocycles. The van der Waals surface area contributed by atoms with Crippen molar-refractivity contribution in [3.05, 3.63) is 72.3 Å². The lowest BCUT2D eigenvalue weighted by atomic mass is 9.89. The Bertz CT molecular complexity index is 1350. The largest absolute Gasteiger partial charge is 0.493 e. The molecular formula is C31H34ClN5O3. The summed E-state index contributed by atoms with van der Waals surface area (Å²) < 4.78 is 17.7. The van der Waals surface area contributed by atoms with Crippen LogP contribution in [0.25, 0.3) is 0 Å². The molecule has 3 aromatic rings. The van der Waals surface area contributed by atoms with E-state index in [1.807, 2.05) is 66.7 Å². The average molecular weight is 560 g/mol. The second-order valence-electron chi connectivity index (χ2n) is 10.0. The first-order valence-electron chi connectivity index (χ1n) is 13.5. The van der Waals surface area contributed by atoms with Gasteiger partial charge in [-0.3, -0.25) is 4.99 Å². The molecule has 1 saturated heterocycles. The van der Waals surface area contributed by atoms with Gasteiger partial charge in [-0.2, -0.15) is 5.26 Å². The smallest absolute Gasteiger partial charge is 0.163 e. The summed E-state index contributed by atoms with van der Waals surface area (Å²) in [5.41, 5.74) is 2.02. The fraction of sp³-hybridized carbons (Fsp3) is 0.355. The summed E-state index contributed by atoms with van der Waals surface area (Å²) >= 11 is 7.22. The number of hydrogen-bond acceptors (Lipinski definition) is 8. The highest BCUT2D eigenvalue weighted by Crippen LogP contribution is 2.48. The van der Waals surface area contributed by atoms with E-state index in [9.17, 15) is 5.26 Å². The number of halogens is 1. The van der Waals surface area contributed by atoms with Crippen LogP contribution in [-0.4, -0.2) is 69.5 Å². The zero-order valence-corrected chi connectivity index (χ0v) is 23.6. The Morgan fingerprint density at radius 3 is 2.45 bits per heavy atom. The number of alkyl halides is 1. The number of para-hydroxylation sites is 1. The van der Waals surface area contributed by atoms with Crippen molar-refractivity contribution in [1.29, 1.82) is 5.26 Å². The molecule has 1 N–H and O–H groups in total. The van der Waals surface area contributed by atoms with Crippen molar-refractivity contribution in [2.75, 3.05) is 58.8 Å². The van der Waals surface area contributed by atoms with E-state index in [0.29, 0.717) is 35.1 Å². The maximum Gasteiger partial charge on any atom is 0.163 e. The number of hydrogen-bond donors (Lipinski definition) is 1. The standard InChI is InChI=1S/C31H34ClN5O3/c1-36-14-16-37(17-15-36)13-6-18-39-30-20-28-27(19-29(30)38-2)31(32,23(21-33)22-34-28)35-24-9-11-26(12-10-24)40-25-7-4-3-5-8-25/h3-5,7-12,19-20,22-23,35H,6,13-18H2,1-2H3. The number of benzene rings is 3. The number of piperazine rings is 1. The van der Waals surface area contributed by atoms with Crippen LogP contribution in [0, 0.1) is 17.2 Å². The molecule has 1 fully saturated rings. The van der Waals surface area contributed by atoms with Crippen LogP contribution in [0.1, 0.15) is 12.0 Å². The molecule has 0 radical (unpaired) electrons. The van der Waals surface area contributed by atoms with Gasteiger partial charge in [0, 0.05) is 56.3 Å². The van der Waals surface area contributed by atoms with Gasteiger partial charge in [0.25, 0.3) is 0 Å². The third kappa shape index (κ3) is 6.34. The van der Waals surface area contributed by atoms with Gasteiger partial charge in [0.2, 0.25) is 0 Å². The summed E-state index contributed by atoms with van der Waals surface area (Å²) in [5, 5.41) is 13.3. The Labute approximate surface area is 240 Å². The van der Waals surface area contributed by atoms with E-state index in [4.69, 9.17) is 25.8 Å². The number of rotatable bonds is 10. The molecule has 0 aromatic heterocycles. The molecule has 2 atom stereocenters. The molecule has 2 heterocycles. The summed E-state index contributed by atoms with van der Waals surface area (Å²) in [6.45, 7) is 5.92. The Morgan fingerprint density at radius 1 is 1.02 bits per heavy atom. The minimum absolute atomic E-state index is 0.547. The number of aliphatic imine (C=N–C) groups is 1. The van der Waals surface area contributed by atoms with Gasteiger partial charge in [-0.25, -0.2) is 0 Å². The van der Waals surface area contributed by atoms with Gasteiger partial charge in [-0.1, -0.05) is 29.8 Å². The van der Waals surface area contributed by atoms with Crippen LogP contribution < -0.4 is 19.5 Å². The predicted octanol–water partition coefficient (Wildman–Crippen LogP) is 5.86. The van der Waals surface area contributed by atoms with Crippen LogP contribution in [0.5, 0.6) is 23.0 Å². The Hall–Kier alpha value is -3.77. The highest BCUT2D eigenvalue weighted by molar-refractivity contribution is 6.27. The van der Waals surface area contributed by atoms with Crippen LogP contribution >= 0.6 is 11.6 Å². The van der Waals surface area contributed by atoms with Gasteiger partial charge in [0.05, 0.1) is 25.5 Å². The van der Waals surface area contributed by atoms with E-state index in [-0.39, 0.29) is 0 Å². The second-order valence-corrected chi connectivity index (χ2v) is 10.6. The molecule has 5 rings (SSSR count). The molecular weight excluding hydrogens is 526 g/mol. The van der Waals surface area contributed by atoms with Crippen LogP contribution in [0.2, 0.25) is 0 Å². The number of nitriles is 1. The molecule has 8 nitrogen and oxygen atoms in total. The fourth-order valence-electron chi connectivity index (χ4n) is 4.89. The van der Waals surface area contributed by atoms with E-state index in [0.717, 1.165) is 50.6 Å². The first-order chi connectivity index (χ1) is 19.5. The van der Waals surface area contributed by atoms with Gasteiger partial charge in [-0.15, -0.1) is 0 Å². The average Bonchev–Trinajstić information content (AvgIpc) is 2.98. The summed E-state index contributed by atoms with van der Waals surface area (Å²) in [4.78, 5) is 8.10. The lowest BCUT2D eigenvalue weighted by Gasteiger charge is -2.36. The molecule has 9 heteroatoms. The minimum Gasteiger partial charge on any atom is -0.493 e. The van der Waals surface area contributed by atoms with Crippen molar-refractivity contribution in [2.45, 2.75) is 11.4 Å². The molecule has 3 aromatic carbocycles. The monoisotopic (exact) mass is 559 g/mol. The Kier molecular flexibility index (Phi) is 8.75. The molecule has 2 aliphatic heterocycles. The number of nitrogens with one attached hydrogen (secondary N) is 1. The maximum absolute atomic E-state index is 9.94. The van der Waals surface area contributed by atoms with Crippen molar-refractivity contribution in [3.63, 3.8) is 0 Å². The van der Waals surface area contributed by atoms with Gasteiger partial charge >= 0.3 is 0 Å². The quantitative estimate of drug-likeness (QED) is 0.189. The summed E-state index contributed by atoms with van der Waals surface area (Å²) in [5.74, 6) is 1.88. The molecule has 40 heavy (non-hydrogen) atoms. The first-order valence-corrected chi connectivity index (χ1v) is 13.9. The van der Waals surface area contributed by atoms with Crippen LogP contribution in [0.4, 0.5) is 11.4 Å². The molecule has 0 spiro atoms. The number of fused-ring (bicyclic) bond motifs is 1. The molecule has 0 saturated carbocycles. The van der Waals surface area contributed by atoms with Crippen molar-refractivity contribution in [2.24, 2.45) is 10.9 Å². The number of likely N-dealkylation sites (N-methyl/N-ethyl adjacent to an activating group) is 1. The third-order valence-corrected chi connectivity index (χ3v) is 7.77. The molecule has 2 unspecified atom stereocenters. The summed E-state index contributed by atoms with van der Waals surface area (Å²) in [6, 6.07) is 23.0. The number of methoxy groups -OCH3 is 1.